The van der Waals surface area contributed by atoms with E-state index < -0.39 is 0 Å². The van der Waals surface area contributed by atoms with E-state index in [-0.39, 0.29) is 12.0 Å². The molecule has 2 aliphatic carbocycles. The molecule has 0 aromatic heterocycles. The van der Waals surface area contributed by atoms with Crippen LogP contribution in [0.1, 0.15) is 30.7 Å². The number of fused-ring (bicyclic) bond motifs is 1. The Bertz CT molecular complexity index is 368. The van der Waals surface area contributed by atoms with E-state index >= 15 is 0 Å². The molecule has 92 valence electrons. The molecule has 0 radical (unpaired) electrons. The molecule has 4 atom stereocenters. The predicted octanol–water partition coefficient (Wildman–Crippen LogP) is 2.14. The molecular weight excluding hydrogens is 210 g/mol. The van der Waals surface area contributed by atoms with Crippen molar-refractivity contribution in [3.63, 3.8) is 0 Å². The molecule has 2 fully saturated rings. The average Bonchev–Trinajstić information content (AvgIpc) is 2.98. The molecule has 2 heteroatoms. The van der Waals surface area contributed by atoms with Gasteiger partial charge in [-0.3, -0.25) is 0 Å². The van der Waals surface area contributed by atoms with Crippen LogP contribution in [0, 0.1) is 17.8 Å². The van der Waals surface area contributed by atoms with Crippen LogP contribution in [0.5, 0.6) is 0 Å². The van der Waals surface area contributed by atoms with Gasteiger partial charge in [-0.2, -0.15) is 0 Å². The summed E-state index contributed by atoms with van der Waals surface area (Å²) in [7, 11) is 0. The summed E-state index contributed by atoms with van der Waals surface area (Å²) >= 11 is 0. The summed E-state index contributed by atoms with van der Waals surface area (Å²) in [4.78, 5) is 0. The minimum absolute atomic E-state index is 0.110. The lowest BCUT2D eigenvalue weighted by molar-refractivity contribution is 0.0790. The molecule has 0 saturated heterocycles. The van der Waals surface area contributed by atoms with Crippen LogP contribution in [-0.2, 0) is 0 Å². The Morgan fingerprint density at radius 1 is 1.12 bits per heavy atom. The predicted molar refractivity (Wildman–Crippen MR) is 68.6 cm³/mol. The summed E-state index contributed by atoms with van der Waals surface area (Å²) < 4.78 is 0. The van der Waals surface area contributed by atoms with Crippen molar-refractivity contribution in [2.24, 2.45) is 23.5 Å². The van der Waals surface area contributed by atoms with E-state index in [4.69, 9.17) is 5.73 Å². The summed E-state index contributed by atoms with van der Waals surface area (Å²) in [5, 5.41) is 10.5. The van der Waals surface area contributed by atoms with Crippen molar-refractivity contribution in [1.29, 1.82) is 0 Å². The van der Waals surface area contributed by atoms with Crippen LogP contribution < -0.4 is 5.73 Å². The molecule has 17 heavy (non-hydrogen) atoms. The SMILES string of the molecule is NCC(c1ccccc1)C(O)C1CC2CC2C1. The van der Waals surface area contributed by atoms with E-state index in [0.29, 0.717) is 12.5 Å². The molecule has 3 N–H and O–H groups in total. The Morgan fingerprint density at radius 3 is 2.35 bits per heavy atom. The molecule has 0 bridgehead atoms. The minimum atomic E-state index is -0.254. The van der Waals surface area contributed by atoms with Crippen LogP contribution >= 0.6 is 0 Å². The number of hydrogen-bond donors (Lipinski definition) is 2. The van der Waals surface area contributed by atoms with Gasteiger partial charge in [0.15, 0.2) is 0 Å². The molecule has 0 heterocycles. The zero-order valence-electron chi connectivity index (χ0n) is 10.1. The highest BCUT2D eigenvalue weighted by Gasteiger charge is 2.48. The van der Waals surface area contributed by atoms with Gasteiger partial charge in [0.05, 0.1) is 6.10 Å². The lowest BCUT2D eigenvalue weighted by Crippen LogP contribution is -2.32. The lowest BCUT2D eigenvalue weighted by atomic mass is 9.83. The summed E-state index contributed by atoms with van der Waals surface area (Å²) in [6, 6.07) is 10.2. The van der Waals surface area contributed by atoms with Crippen LogP contribution in [0.25, 0.3) is 0 Å². The molecule has 1 aromatic carbocycles. The number of nitrogens with two attached hydrogens (primary N) is 1. The molecule has 2 nitrogen and oxygen atoms in total. The summed E-state index contributed by atoms with van der Waals surface area (Å²) in [5.74, 6) is 2.43. The van der Waals surface area contributed by atoms with E-state index in [0.717, 1.165) is 11.8 Å². The third kappa shape index (κ3) is 2.12. The zero-order chi connectivity index (χ0) is 11.8. The number of aliphatic hydroxyl groups is 1. The quantitative estimate of drug-likeness (QED) is 0.834. The first-order chi connectivity index (χ1) is 8.29. The van der Waals surface area contributed by atoms with Gasteiger partial charge in [0, 0.05) is 12.5 Å². The van der Waals surface area contributed by atoms with Crippen LogP contribution in [0.4, 0.5) is 0 Å². The largest absolute Gasteiger partial charge is 0.392 e. The Balaban J connectivity index is 1.72. The smallest absolute Gasteiger partial charge is 0.0649 e. The molecule has 0 aliphatic heterocycles. The molecule has 2 aliphatic rings. The topological polar surface area (TPSA) is 46.2 Å². The third-order valence-corrected chi connectivity index (χ3v) is 4.66. The summed E-state index contributed by atoms with van der Waals surface area (Å²) in [6.07, 6.45) is 3.59. The first-order valence-electron chi connectivity index (χ1n) is 6.72. The maximum atomic E-state index is 10.5. The van der Waals surface area contributed by atoms with Crippen molar-refractivity contribution in [1.82, 2.24) is 0 Å². The summed E-state index contributed by atoms with van der Waals surface area (Å²) in [5.41, 5.74) is 7.04. The Labute approximate surface area is 103 Å². The number of rotatable bonds is 4. The molecule has 1 aromatic rings. The monoisotopic (exact) mass is 231 g/mol. The fraction of sp³-hybridized carbons (Fsp3) is 0.600. The van der Waals surface area contributed by atoms with Crippen molar-refractivity contribution in [2.45, 2.75) is 31.3 Å². The minimum Gasteiger partial charge on any atom is -0.392 e. The van der Waals surface area contributed by atoms with E-state index in [1.165, 1.54) is 24.8 Å². The van der Waals surface area contributed by atoms with Gasteiger partial charge in [0.1, 0.15) is 0 Å². The van der Waals surface area contributed by atoms with Gasteiger partial charge in [-0.05, 0) is 42.6 Å². The maximum absolute atomic E-state index is 10.5. The molecule has 2 saturated carbocycles. The van der Waals surface area contributed by atoms with Crippen LogP contribution in [0.15, 0.2) is 30.3 Å². The highest BCUT2D eigenvalue weighted by atomic mass is 16.3. The number of aliphatic hydroxyl groups excluding tert-OH is 1. The highest BCUT2D eigenvalue weighted by Crippen LogP contribution is 2.56. The molecule has 3 rings (SSSR count). The summed E-state index contributed by atoms with van der Waals surface area (Å²) in [6.45, 7) is 0.539. The van der Waals surface area contributed by atoms with Gasteiger partial charge in [-0.1, -0.05) is 30.3 Å². The van der Waals surface area contributed by atoms with Crippen molar-refractivity contribution >= 4 is 0 Å². The second-order valence-electron chi connectivity index (χ2n) is 5.73. The first kappa shape index (κ1) is 11.2. The van der Waals surface area contributed by atoms with E-state index in [9.17, 15) is 5.11 Å². The normalized spacial score (nSPS) is 34.1. The highest BCUT2D eigenvalue weighted by molar-refractivity contribution is 5.22. The van der Waals surface area contributed by atoms with Gasteiger partial charge in [0.25, 0.3) is 0 Å². The fourth-order valence-electron chi connectivity index (χ4n) is 3.54. The molecule has 0 amide bonds. The fourth-order valence-corrected chi connectivity index (χ4v) is 3.54. The first-order valence-corrected chi connectivity index (χ1v) is 6.72. The Hall–Kier alpha value is -0.860. The van der Waals surface area contributed by atoms with Gasteiger partial charge in [-0.15, -0.1) is 0 Å². The van der Waals surface area contributed by atoms with Gasteiger partial charge in [-0.25, -0.2) is 0 Å². The van der Waals surface area contributed by atoms with Crippen molar-refractivity contribution in [3.8, 4) is 0 Å². The van der Waals surface area contributed by atoms with Gasteiger partial charge >= 0.3 is 0 Å². The van der Waals surface area contributed by atoms with E-state index in [1.54, 1.807) is 0 Å². The molecular formula is C15H21NO. The second kappa shape index (κ2) is 4.43. The number of benzene rings is 1. The van der Waals surface area contributed by atoms with Gasteiger partial charge in [0.2, 0.25) is 0 Å². The lowest BCUT2D eigenvalue weighted by Gasteiger charge is -2.27. The standard InChI is InChI=1S/C15H21NO/c16-9-14(10-4-2-1-3-5-10)15(17)13-7-11-6-12(11)8-13/h1-5,11-15,17H,6-9,16H2. The Kier molecular flexibility index (Phi) is 2.93. The van der Waals surface area contributed by atoms with Crippen LogP contribution in [0.3, 0.4) is 0 Å². The maximum Gasteiger partial charge on any atom is 0.0649 e. The Morgan fingerprint density at radius 2 is 1.76 bits per heavy atom. The van der Waals surface area contributed by atoms with Gasteiger partial charge < -0.3 is 10.8 Å². The van der Waals surface area contributed by atoms with E-state index in [2.05, 4.69) is 12.1 Å². The van der Waals surface area contributed by atoms with Crippen LogP contribution in [0.2, 0.25) is 0 Å². The van der Waals surface area contributed by atoms with Crippen molar-refractivity contribution in [2.75, 3.05) is 6.54 Å². The average molecular weight is 231 g/mol. The van der Waals surface area contributed by atoms with E-state index in [1.807, 2.05) is 18.2 Å². The van der Waals surface area contributed by atoms with Crippen molar-refractivity contribution < 1.29 is 5.11 Å². The molecule has 4 unspecified atom stereocenters. The molecule has 0 spiro atoms. The van der Waals surface area contributed by atoms with Crippen molar-refractivity contribution in [3.05, 3.63) is 35.9 Å². The van der Waals surface area contributed by atoms with Crippen LogP contribution in [-0.4, -0.2) is 17.8 Å². The zero-order valence-corrected chi connectivity index (χ0v) is 10.1. The third-order valence-electron chi connectivity index (χ3n) is 4.66. The number of hydrogen-bond acceptors (Lipinski definition) is 2. The second-order valence-corrected chi connectivity index (χ2v) is 5.73.